The van der Waals surface area contributed by atoms with Crippen molar-refractivity contribution in [3.8, 4) is 34.1 Å². The van der Waals surface area contributed by atoms with E-state index < -0.39 is 17.9 Å². The number of para-hydroxylation sites is 1. The summed E-state index contributed by atoms with van der Waals surface area (Å²) in [5.41, 5.74) is 4.22. The Bertz CT molecular complexity index is 2720. The van der Waals surface area contributed by atoms with E-state index in [2.05, 4.69) is 11.4 Å². The van der Waals surface area contributed by atoms with Gasteiger partial charge in [-0.3, -0.25) is 4.79 Å². The molecule has 14 heteroatoms. The van der Waals surface area contributed by atoms with Crippen LogP contribution >= 0.6 is 11.3 Å². The van der Waals surface area contributed by atoms with E-state index in [0.29, 0.717) is 85.7 Å². The van der Waals surface area contributed by atoms with E-state index in [-0.39, 0.29) is 17.9 Å². The quantitative estimate of drug-likeness (QED) is 0.00885. The third kappa shape index (κ3) is 13.5. The van der Waals surface area contributed by atoms with Gasteiger partial charge in [-0.2, -0.15) is 5.10 Å². The first-order valence-electron chi connectivity index (χ1n) is 22.9. The van der Waals surface area contributed by atoms with Crippen LogP contribution in [-0.2, 0) is 25.5 Å². The monoisotopic (exact) mass is 932 g/mol. The predicted molar refractivity (Wildman–Crippen MR) is 262 cm³/mol. The molecular weight excluding hydrogens is 881 g/mol. The highest BCUT2D eigenvalue weighted by molar-refractivity contribution is 7.22. The van der Waals surface area contributed by atoms with Crippen molar-refractivity contribution < 1.29 is 42.8 Å². The Morgan fingerprint density at radius 2 is 1.60 bits per heavy atom. The van der Waals surface area contributed by atoms with Crippen LogP contribution < -0.4 is 24.0 Å². The second-order valence-electron chi connectivity index (χ2n) is 16.5. The van der Waals surface area contributed by atoms with Crippen molar-refractivity contribution >= 4 is 50.8 Å². The molecule has 1 aliphatic heterocycles. The molecule has 1 saturated carbocycles. The first kappa shape index (κ1) is 47.3. The molecule has 6 aromatic rings. The third-order valence-corrected chi connectivity index (χ3v) is 12.6. The van der Waals surface area contributed by atoms with Crippen LogP contribution in [-0.4, -0.2) is 74.2 Å². The van der Waals surface area contributed by atoms with Crippen molar-refractivity contribution in [3.05, 3.63) is 156 Å². The van der Waals surface area contributed by atoms with Crippen LogP contribution in [0.15, 0.2) is 133 Å². The van der Waals surface area contributed by atoms with Crippen LogP contribution in [0.3, 0.4) is 0 Å². The van der Waals surface area contributed by atoms with Crippen molar-refractivity contribution in [2.24, 2.45) is 11.0 Å². The summed E-state index contributed by atoms with van der Waals surface area (Å²) in [6.45, 7) is 13.5. The molecule has 0 spiro atoms. The highest BCUT2D eigenvalue weighted by Crippen LogP contribution is 2.39. The number of carbonyl (C=O) groups excluding carboxylic acids is 3. The number of epoxide rings is 1. The zero-order valence-electron chi connectivity index (χ0n) is 37.6. The Morgan fingerprint density at radius 3 is 2.37 bits per heavy atom. The van der Waals surface area contributed by atoms with Gasteiger partial charge in [-0.05, 0) is 121 Å². The number of hydrogen-bond donors (Lipinski definition) is 0. The Labute approximate surface area is 399 Å². The predicted octanol–water partition coefficient (Wildman–Crippen LogP) is 10.7. The van der Waals surface area contributed by atoms with Crippen LogP contribution in [0.5, 0.6) is 23.0 Å². The maximum Gasteiger partial charge on any atom is 0.343 e. The molecule has 2 aliphatic rings. The van der Waals surface area contributed by atoms with E-state index in [1.807, 2.05) is 60.7 Å². The zero-order chi connectivity index (χ0) is 47.1. The minimum Gasteiger partial charge on any atom is -0.494 e. The van der Waals surface area contributed by atoms with Gasteiger partial charge in [0.25, 0.3) is 0 Å². The van der Waals surface area contributed by atoms with Crippen molar-refractivity contribution in [1.82, 2.24) is 4.98 Å². The highest BCUT2D eigenvalue weighted by atomic mass is 32.1. The minimum atomic E-state index is -0.589. The van der Waals surface area contributed by atoms with Crippen LogP contribution in [0.25, 0.3) is 26.2 Å². The molecule has 1 aliphatic carbocycles. The number of aromatic nitrogens is 1. The molecule has 5 aromatic carbocycles. The summed E-state index contributed by atoms with van der Waals surface area (Å²) < 4.78 is 35.4. The van der Waals surface area contributed by atoms with Gasteiger partial charge >= 0.3 is 17.9 Å². The van der Waals surface area contributed by atoms with Gasteiger partial charge in [0.05, 0.1) is 40.8 Å². The molecule has 0 bridgehead atoms. The van der Waals surface area contributed by atoms with Gasteiger partial charge in [0.15, 0.2) is 0 Å². The van der Waals surface area contributed by atoms with E-state index in [1.165, 1.54) is 17.8 Å². The number of anilines is 1. The number of rotatable bonds is 23. The molecule has 2 heterocycles. The van der Waals surface area contributed by atoms with E-state index in [1.54, 1.807) is 65.8 Å². The number of unbranched alkanes of at least 4 members (excludes halogenated alkanes) is 1. The van der Waals surface area contributed by atoms with E-state index in [0.717, 1.165) is 64.6 Å². The molecule has 0 radical (unpaired) electrons. The number of fused-ring (bicyclic) bond motifs is 2. The summed E-state index contributed by atoms with van der Waals surface area (Å²) in [6.07, 6.45) is 9.84. The van der Waals surface area contributed by atoms with Crippen molar-refractivity contribution in [2.45, 2.75) is 63.6 Å². The lowest BCUT2D eigenvalue weighted by atomic mass is 9.90. The van der Waals surface area contributed by atoms with E-state index in [9.17, 15) is 14.4 Å². The first-order valence-corrected chi connectivity index (χ1v) is 23.7. The average molecular weight is 933 g/mol. The molecule has 1 saturated heterocycles. The van der Waals surface area contributed by atoms with Gasteiger partial charge in [0.2, 0.25) is 11.7 Å². The number of esters is 3. The van der Waals surface area contributed by atoms with Gasteiger partial charge in [0, 0.05) is 50.7 Å². The number of hydrogen-bond acceptors (Lipinski definition) is 13. The molecular formula is C54H52N4O9S. The Balaban J connectivity index is 0.908. The lowest BCUT2D eigenvalue weighted by Crippen LogP contribution is -2.19. The number of thiazole rings is 1. The molecule has 8 rings (SSSR count). The SMILES string of the molecule is [C-]#[N+]CCCCN(/N=C/c1cc(OC(=O)c2ccc(-c3ccc(OC(=O)C=C)cc3)cc2)ccc1OC(=O)CCc1ccc(OCCCOCC2CCC3OC3C2)cc1)c1nc2ccccc2s1. The fourth-order valence-corrected chi connectivity index (χ4v) is 8.74. The zero-order valence-corrected chi connectivity index (χ0v) is 38.4. The molecule has 3 atom stereocenters. The topological polar surface area (TPSA) is 143 Å². The standard InChI is InChI=1S/C54H52N4O9S/c1-3-51(59)64-44-23-19-40(20-24-44)39-15-17-41(18-16-39)53(61)65-45-25-27-47(42(34-45)35-56-58(30-7-6-29-55-2)54-57-46-9-4-5-10-50(46)68-54)67-52(60)28-14-37-11-21-43(22-12-37)63-32-8-31-62-36-38-13-26-48-49(33-38)66-48/h3-5,9-12,15-25,27,34-35,38,48-49H,1,6-8,13-14,26,28-33,36H2/b56-35+. The molecule has 68 heavy (non-hydrogen) atoms. The van der Waals surface area contributed by atoms with Crippen molar-refractivity contribution in [3.63, 3.8) is 0 Å². The maximum absolute atomic E-state index is 13.5. The molecule has 0 N–H and O–H groups in total. The van der Waals surface area contributed by atoms with Gasteiger partial charge in [0.1, 0.15) is 23.0 Å². The summed E-state index contributed by atoms with van der Waals surface area (Å²) in [6, 6.07) is 34.2. The van der Waals surface area contributed by atoms with Crippen molar-refractivity contribution in [2.75, 3.05) is 37.9 Å². The van der Waals surface area contributed by atoms with Crippen molar-refractivity contribution in [1.29, 1.82) is 0 Å². The van der Waals surface area contributed by atoms with E-state index in [4.69, 9.17) is 45.1 Å². The lowest BCUT2D eigenvalue weighted by molar-refractivity contribution is -0.134. The van der Waals surface area contributed by atoms with Gasteiger partial charge < -0.3 is 33.3 Å². The molecule has 348 valence electrons. The summed E-state index contributed by atoms with van der Waals surface area (Å²) in [7, 11) is 0. The summed E-state index contributed by atoms with van der Waals surface area (Å²) in [5.74, 6) is 0.615. The average Bonchev–Trinajstić information content (AvgIpc) is 4.02. The van der Waals surface area contributed by atoms with Gasteiger partial charge in [-0.25, -0.2) is 26.2 Å². The summed E-state index contributed by atoms with van der Waals surface area (Å²) in [4.78, 5) is 46.7. The number of benzene rings is 5. The summed E-state index contributed by atoms with van der Waals surface area (Å²) >= 11 is 1.50. The number of nitrogens with zero attached hydrogens (tertiary/aromatic N) is 4. The number of hydrazone groups is 1. The lowest BCUT2D eigenvalue weighted by Gasteiger charge is -2.18. The van der Waals surface area contributed by atoms with Gasteiger partial charge in [-0.15, -0.1) is 0 Å². The van der Waals surface area contributed by atoms with Gasteiger partial charge in [-0.1, -0.05) is 66.4 Å². The second-order valence-corrected chi connectivity index (χ2v) is 17.5. The number of ether oxygens (including phenoxy) is 6. The third-order valence-electron chi connectivity index (χ3n) is 11.5. The fourth-order valence-electron chi connectivity index (χ4n) is 7.79. The molecule has 2 fully saturated rings. The highest BCUT2D eigenvalue weighted by Gasteiger charge is 2.43. The molecule has 3 unspecified atom stereocenters. The Morgan fingerprint density at radius 1 is 0.838 bits per heavy atom. The van der Waals surface area contributed by atoms with Crippen LogP contribution in [0.2, 0.25) is 0 Å². The van der Waals surface area contributed by atoms with E-state index >= 15 is 0 Å². The number of aryl methyl sites for hydroxylation is 1. The molecule has 0 amide bonds. The number of carbonyl (C=O) groups is 3. The van der Waals surface area contributed by atoms with Crippen LogP contribution in [0.1, 0.15) is 66.4 Å². The van der Waals surface area contributed by atoms with Crippen LogP contribution in [0, 0.1) is 12.5 Å². The molecule has 1 aromatic heterocycles. The maximum atomic E-state index is 13.5. The largest absolute Gasteiger partial charge is 0.494 e. The Hall–Kier alpha value is -7.18. The fraction of sp³-hybridized carbons (Fsp3) is 0.296. The Kier molecular flexibility index (Phi) is 16.4. The minimum absolute atomic E-state index is 0.112. The normalized spacial score (nSPS) is 16.1. The van der Waals surface area contributed by atoms with Crippen LogP contribution in [0.4, 0.5) is 5.13 Å². The molecule has 13 nitrogen and oxygen atoms in total. The second kappa shape index (κ2) is 23.5. The summed E-state index contributed by atoms with van der Waals surface area (Å²) in [5, 5.41) is 7.27. The first-order chi connectivity index (χ1) is 33.3. The smallest absolute Gasteiger partial charge is 0.343 e.